The molecule has 0 bridgehead atoms. The molecule has 0 unspecified atom stereocenters. The van der Waals surface area contributed by atoms with Crippen molar-refractivity contribution < 1.29 is 14.6 Å². The molecule has 2 aromatic rings. The minimum atomic E-state index is -0.283. The van der Waals surface area contributed by atoms with Crippen LogP contribution in [0.4, 0.5) is 10.5 Å². The number of rotatable bonds is 6. The molecule has 0 atom stereocenters. The van der Waals surface area contributed by atoms with Crippen molar-refractivity contribution in [2.75, 3.05) is 25.5 Å². The Morgan fingerprint density at radius 3 is 2.65 bits per heavy atom. The van der Waals surface area contributed by atoms with E-state index in [1.807, 2.05) is 55.5 Å². The maximum Gasteiger partial charge on any atom is 0.321 e. The molecule has 2 aromatic carbocycles. The maximum atomic E-state index is 12.1. The second-order valence-electron chi connectivity index (χ2n) is 5.35. The van der Waals surface area contributed by atoms with Crippen LogP contribution in [-0.2, 0) is 6.61 Å². The molecule has 2 rings (SSSR count). The summed E-state index contributed by atoms with van der Waals surface area (Å²) in [5.74, 6) is 0.616. The van der Waals surface area contributed by atoms with Crippen molar-refractivity contribution in [2.45, 2.75) is 13.5 Å². The number of amides is 2. The van der Waals surface area contributed by atoms with E-state index >= 15 is 0 Å². The fraction of sp³-hybridized carbons (Fsp3) is 0.278. The highest BCUT2D eigenvalue weighted by Gasteiger charge is 2.12. The van der Waals surface area contributed by atoms with Crippen molar-refractivity contribution in [1.82, 2.24) is 4.90 Å². The Bertz CT molecular complexity index is 644. The number of hydrogen-bond donors (Lipinski definition) is 2. The molecule has 0 aliphatic carbocycles. The smallest absolute Gasteiger partial charge is 0.321 e. The molecular weight excluding hydrogens is 292 g/mol. The fourth-order valence-corrected chi connectivity index (χ4v) is 2.06. The van der Waals surface area contributed by atoms with Gasteiger partial charge < -0.3 is 20.1 Å². The summed E-state index contributed by atoms with van der Waals surface area (Å²) in [7, 11) is 1.63. The van der Waals surface area contributed by atoms with Crippen LogP contribution in [-0.4, -0.2) is 36.2 Å². The van der Waals surface area contributed by atoms with Gasteiger partial charge in [0, 0.05) is 13.6 Å². The number of aryl methyl sites for hydroxylation is 1. The first-order valence-corrected chi connectivity index (χ1v) is 7.50. The monoisotopic (exact) mass is 314 g/mol. The van der Waals surface area contributed by atoms with Gasteiger partial charge in [-0.25, -0.2) is 4.79 Å². The number of nitrogens with zero attached hydrogens (tertiary/aromatic N) is 1. The number of urea groups is 1. The quantitative estimate of drug-likeness (QED) is 0.861. The number of anilines is 1. The normalized spacial score (nSPS) is 10.2. The summed E-state index contributed by atoms with van der Waals surface area (Å²) < 4.78 is 5.84. The van der Waals surface area contributed by atoms with E-state index in [1.165, 1.54) is 4.90 Å². The van der Waals surface area contributed by atoms with Gasteiger partial charge in [0.15, 0.2) is 0 Å². The predicted octanol–water partition coefficient (Wildman–Crippen LogP) is 3.03. The Balaban J connectivity index is 2.09. The number of nitrogens with one attached hydrogen (secondary N) is 1. The summed E-state index contributed by atoms with van der Waals surface area (Å²) in [4.78, 5) is 13.5. The zero-order valence-corrected chi connectivity index (χ0v) is 13.5. The first-order chi connectivity index (χ1) is 11.1. The summed E-state index contributed by atoms with van der Waals surface area (Å²) in [6.07, 6.45) is 0. The summed E-state index contributed by atoms with van der Waals surface area (Å²) >= 11 is 0. The molecule has 0 aliphatic heterocycles. The van der Waals surface area contributed by atoms with Gasteiger partial charge in [-0.1, -0.05) is 36.4 Å². The van der Waals surface area contributed by atoms with E-state index in [0.29, 0.717) is 18.0 Å². The van der Waals surface area contributed by atoms with Crippen molar-refractivity contribution in [3.05, 3.63) is 59.7 Å². The summed E-state index contributed by atoms with van der Waals surface area (Å²) in [6.45, 7) is 2.58. The third-order valence-corrected chi connectivity index (χ3v) is 3.40. The molecule has 0 spiro atoms. The van der Waals surface area contributed by atoms with Gasteiger partial charge in [0.25, 0.3) is 0 Å². The molecule has 2 N–H and O–H groups in total. The Morgan fingerprint density at radius 2 is 1.96 bits per heavy atom. The van der Waals surface area contributed by atoms with Crippen LogP contribution in [0.1, 0.15) is 11.1 Å². The average molecular weight is 314 g/mol. The number of carbonyl (C=O) groups is 1. The van der Waals surface area contributed by atoms with Crippen molar-refractivity contribution >= 4 is 11.7 Å². The number of ether oxygens (including phenoxy) is 1. The van der Waals surface area contributed by atoms with Crippen LogP contribution >= 0.6 is 0 Å². The van der Waals surface area contributed by atoms with Crippen LogP contribution in [0.5, 0.6) is 5.75 Å². The highest BCUT2D eigenvalue weighted by Crippen LogP contribution is 2.26. The first-order valence-electron chi connectivity index (χ1n) is 7.50. The molecule has 0 aromatic heterocycles. The molecule has 23 heavy (non-hydrogen) atoms. The van der Waals surface area contributed by atoms with Crippen molar-refractivity contribution in [1.29, 1.82) is 0 Å². The van der Waals surface area contributed by atoms with E-state index in [1.54, 1.807) is 7.05 Å². The molecule has 2 amide bonds. The summed E-state index contributed by atoms with van der Waals surface area (Å²) in [5.41, 5.74) is 2.70. The van der Waals surface area contributed by atoms with Crippen molar-refractivity contribution in [2.24, 2.45) is 0 Å². The van der Waals surface area contributed by atoms with Gasteiger partial charge >= 0.3 is 6.03 Å². The lowest BCUT2D eigenvalue weighted by molar-refractivity contribution is 0.202. The Hall–Kier alpha value is -2.53. The van der Waals surface area contributed by atoms with E-state index in [4.69, 9.17) is 9.84 Å². The molecule has 0 heterocycles. The topological polar surface area (TPSA) is 61.8 Å². The van der Waals surface area contributed by atoms with Crippen molar-refractivity contribution in [3.8, 4) is 5.75 Å². The fourth-order valence-electron chi connectivity index (χ4n) is 2.06. The van der Waals surface area contributed by atoms with Crippen LogP contribution in [0.2, 0.25) is 0 Å². The van der Waals surface area contributed by atoms with E-state index in [2.05, 4.69) is 5.32 Å². The Morgan fingerprint density at radius 1 is 1.22 bits per heavy atom. The standard InChI is InChI=1S/C18H22N2O3/c1-14-8-9-17(23-13-15-6-4-3-5-7-15)16(12-14)19-18(22)20(2)10-11-21/h3-9,12,21H,10-11,13H2,1-2H3,(H,19,22). The van der Waals surface area contributed by atoms with Gasteiger partial charge in [0.05, 0.1) is 12.3 Å². The number of aliphatic hydroxyl groups excluding tert-OH is 1. The second-order valence-corrected chi connectivity index (χ2v) is 5.35. The van der Waals surface area contributed by atoms with Crippen LogP contribution < -0.4 is 10.1 Å². The summed E-state index contributed by atoms with van der Waals surface area (Å²) in [6, 6.07) is 15.2. The lowest BCUT2D eigenvalue weighted by Crippen LogP contribution is -2.33. The van der Waals surface area contributed by atoms with E-state index in [-0.39, 0.29) is 19.2 Å². The average Bonchev–Trinajstić information content (AvgIpc) is 2.55. The van der Waals surface area contributed by atoms with Crippen LogP contribution in [0, 0.1) is 6.92 Å². The lowest BCUT2D eigenvalue weighted by atomic mass is 10.2. The van der Waals surface area contributed by atoms with Gasteiger partial charge in [-0.15, -0.1) is 0 Å². The van der Waals surface area contributed by atoms with Gasteiger partial charge in [0.1, 0.15) is 12.4 Å². The van der Waals surface area contributed by atoms with Crippen molar-refractivity contribution in [3.63, 3.8) is 0 Å². The van der Waals surface area contributed by atoms with E-state index in [0.717, 1.165) is 11.1 Å². The minimum Gasteiger partial charge on any atom is -0.487 e. The SMILES string of the molecule is Cc1ccc(OCc2ccccc2)c(NC(=O)N(C)CCO)c1. The van der Waals surface area contributed by atoms with Gasteiger partial charge in [0.2, 0.25) is 0 Å². The largest absolute Gasteiger partial charge is 0.487 e. The predicted molar refractivity (Wildman–Crippen MR) is 90.7 cm³/mol. The molecule has 0 saturated heterocycles. The molecule has 0 saturated carbocycles. The van der Waals surface area contributed by atoms with E-state index < -0.39 is 0 Å². The maximum absolute atomic E-state index is 12.1. The lowest BCUT2D eigenvalue weighted by Gasteiger charge is -2.19. The van der Waals surface area contributed by atoms with Gasteiger partial charge in [-0.05, 0) is 30.2 Å². The third-order valence-electron chi connectivity index (χ3n) is 3.40. The van der Waals surface area contributed by atoms with Crippen LogP contribution in [0.3, 0.4) is 0 Å². The molecule has 5 heteroatoms. The van der Waals surface area contributed by atoms with E-state index in [9.17, 15) is 4.79 Å². The number of hydrogen-bond acceptors (Lipinski definition) is 3. The van der Waals surface area contributed by atoms with Gasteiger partial charge in [-0.2, -0.15) is 0 Å². The molecule has 0 fully saturated rings. The number of likely N-dealkylation sites (N-methyl/N-ethyl adjacent to an activating group) is 1. The zero-order chi connectivity index (χ0) is 16.7. The highest BCUT2D eigenvalue weighted by atomic mass is 16.5. The highest BCUT2D eigenvalue weighted by molar-refractivity contribution is 5.91. The minimum absolute atomic E-state index is 0.0743. The molecule has 122 valence electrons. The van der Waals surface area contributed by atoms with Crippen LogP contribution in [0.15, 0.2) is 48.5 Å². The first kappa shape index (κ1) is 16.8. The molecule has 0 radical (unpaired) electrons. The number of benzene rings is 2. The molecule has 0 aliphatic rings. The zero-order valence-electron chi connectivity index (χ0n) is 13.5. The molecular formula is C18H22N2O3. The molecule has 5 nitrogen and oxygen atoms in total. The third kappa shape index (κ3) is 5.00. The van der Waals surface area contributed by atoms with Crippen LogP contribution in [0.25, 0.3) is 0 Å². The summed E-state index contributed by atoms with van der Waals surface area (Å²) in [5, 5.41) is 11.7. The number of aliphatic hydroxyl groups is 1. The van der Waals surface area contributed by atoms with Gasteiger partial charge in [-0.3, -0.25) is 0 Å². The number of carbonyl (C=O) groups excluding carboxylic acids is 1. The Kier molecular flexibility index (Phi) is 6.00. The Labute approximate surface area is 136 Å². The second kappa shape index (κ2) is 8.19.